The predicted octanol–water partition coefficient (Wildman–Crippen LogP) is 4.10. The Balaban J connectivity index is 2.11. The normalized spacial score (nSPS) is 10.4. The second-order valence-corrected chi connectivity index (χ2v) is 6.07. The maximum absolute atomic E-state index is 12.2. The fraction of sp³-hybridized carbons (Fsp3) is 0.316. The van der Waals surface area contributed by atoms with Gasteiger partial charge >= 0.3 is 0 Å². The van der Waals surface area contributed by atoms with Crippen molar-refractivity contribution in [2.45, 2.75) is 34.1 Å². The average molecular weight is 342 g/mol. The first-order valence-electron chi connectivity index (χ1n) is 8.09. The molecular formula is C19H22N2O4. The Hall–Kier alpha value is -2.89. The predicted molar refractivity (Wildman–Crippen MR) is 97.3 cm³/mol. The van der Waals surface area contributed by atoms with Crippen LogP contribution in [-0.4, -0.2) is 17.4 Å². The minimum Gasteiger partial charge on any atom is -0.484 e. The van der Waals surface area contributed by atoms with Crippen molar-refractivity contribution in [1.82, 2.24) is 0 Å². The van der Waals surface area contributed by atoms with E-state index in [-0.39, 0.29) is 18.2 Å². The standard InChI is InChI=1S/C19H22N2O4/c1-5-15-10-16(21(23)24)9-14(4)19(15)20-18(22)11-25-17-7-12(2)6-13(3)8-17/h6-10H,5,11H2,1-4H3,(H,20,22). The third-order valence-corrected chi connectivity index (χ3v) is 3.82. The lowest BCUT2D eigenvalue weighted by atomic mass is 10.0. The van der Waals surface area contributed by atoms with Gasteiger partial charge in [0.25, 0.3) is 11.6 Å². The number of carbonyl (C=O) groups is 1. The first-order chi connectivity index (χ1) is 11.8. The first-order valence-corrected chi connectivity index (χ1v) is 8.09. The van der Waals surface area contributed by atoms with E-state index in [0.29, 0.717) is 23.4 Å². The molecule has 0 atom stereocenters. The van der Waals surface area contributed by atoms with Crippen LogP contribution in [0.15, 0.2) is 30.3 Å². The van der Waals surface area contributed by atoms with Crippen molar-refractivity contribution < 1.29 is 14.5 Å². The number of non-ortho nitro benzene ring substituents is 1. The lowest BCUT2D eigenvalue weighted by Crippen LogP contribution is -2.21. The lowest BCUT2D eigenvalue weighted by molar-refractivity contribution is -0.384. The number of ether oxygens (including phenoxy) is 1. The third-order valence-electron chi connectivity index (χ3n) is 3.82. The van der Waals surface area contributed by atoms with Crippen molar-refractivity contribution in [2.75, 3.05) is 11.9 Å². The van der Waals surface area contributed by atoms with Crippen molar-refractivity contribution in [3.8, 4) is 5.75 Å². The Morgan fingerprint density at radius 2 is 1.76 bits per heavy atom. The molecule has 0 spiro atoms. The van der Waals surface area contributed by atoms with Gasteiger partial charge < -0.3 is 10.1 Å². The zero-order valence-electron chi connectivity index (χ0n) is 14.9. The molecule has 0 fully saturated rings. The first kappa shape index (κ1) is 18.4. The van der Waals surface area contributed by atoms with Gasteiger partial charge in [-0.1, -0.05) is 13.0 Å². The largest absolute Gasteiger partial charge is 0.484 e. The second kappa shape index (κ2) is 7.79. The van der Waals surface area contributed by atoms with Crippen LogP contribution in [0.4, 0.5) is 11.4 Å². The lowest BCUT2D eigenvalue weighted by Gasteiger charge is -2.14. The van der Waals surface area contributed by atoms with Crippen molar-refractivity contribution in [3.05, 3.63) is 62.7 Å². The molecule has 0 aromatic heterocycles. The maximum Gasteiger partial charge on any atom is 0.270 e. The number of anilines is 1. The van der Waals surface area contributed by atoms with Crippen molar-refractivity contribution in [2.24, 2.45) is 0 Å². The zero-order valence-corrected chi connectivity index (χ0v) is 14.9. The molecule has 0 heterocycles. The highest BCUT2D eigenvalue weighted by molar-refractivity contribution is 5.93. The van der Waals surface area contributed by atoms with Crippen molar-refractivity contribution >= 4 is 17.3 Å². The summed E-state index contributed by atoms with van der Waals surface area (Å²) < 4.78 is 5.56. The number of nitrogens with zero attached hydrogens (tertiary/aromatic N) is 1. The van der Waals surface area contributed by atoms with Gasteiger partial charge in [-0.2, -0.15) is 0 Å². The summed E-state index contributed by atoms with van der Waals surface area (Å²) in [6.07, 6.45) is 0.579. The number of hydrogen-bond acceptors (Lipinski definition) is 4. The van der Waals surface area contributed by atoms with Gasteiger partial charge in [-0.25, -0.2) is 0 Å². The summed E-state index contributed by atoms with van der Waals surface area (Å²) in [5, 5.41) is 13.8. The monoisotopic (exact) mass is 342 g/mol. The minimum atomic E-state index is -0.430. The molecule has 0 saturated heterocycles. The van der Waals surface area contributed by atoms with Crippen LogP contribution >= 0.6 is 0 Å². The van der Waals surface area contributed by atoms with Gasteiger partial charge in [-0.05, 0) is 61.6 Å². The van der Waals surface area contributed by atoms with E-state index in [1.807, 2.05) is 39.0 Å². The van der Waals surface area contributed by atoms with Gasteiger partial charge in [-0.3, -0.25) is 14.9 Å². The number of hydrogen-bond donors (Lipinski definition) is 1. The fourth-order valence-corrected chi connectivity index (χ4v) is 2.74. The highest BCUT2D eigenvalue weighted by atomic mass is 16.6. The highest BCUT2D eigenvalue weighted by Gasteiger charge is 2.15. The van der Waals surface area contributed by atoms with Crippen LogP contribution in [0.2, 0.25) is 0 Å². The van der Waals surface area contributed by atoms with Gasteiger partial charge in [0, 0.05) is 17.8 Å². The number of rotatable bonds is 6. The van der Waals surface area contributed by atoms with E-state index < -0.39 is 4.92 Å². The van der Waals surface area contributed by atoms with Gasteiger partial charge in [0.15, 0.2) is 6.61 Å². The molecule has 0 aliphatic heterocycles. The van der Waals surface area contributed by atoms with Crippen LogP contribution in [-0.2, 0) is 11.2 Å². The van der Waals surface area contributed by atoms with E-state index in [4.69, 9.17) is 4.74 Å². The molecule has 0 aliphatic rings. The number of aryl methyl sites for hydroxylation is 4. The van der Waals surface area contributed by atoms with Crippen molar-refractivity contribution in [1.29, 1.82) is 0 Å². The van der Waals surface area contributed by atoms with Gasteiger partial charge in [-0.15, -0.1) is 0 Å². The number of nitro groups is 1. The van der Waals surface area contributed by atoms with Gasteiger partial charge in [0.1, 0.15) is 5.75 Å². The quantitative estimate of drug-likeness (QED) is 0.633. The maximum atomic E-state index is 12.2. The van der Waals surface area contributed by atoms with Crippen LogP contribution in [0.3, 0.4) is 0 Å². The van der Waals surface area contributed by atoms with Crippen LogP contribution < -0.4 is 10.1 Å². The summed E-state index contributed by atoms with van der Waals surface area (Å²) in [7, 11) is 0. The number of carbonyl (C=O) groups excluding carboxylic acids is 1. The molecule has 0 aliphatic carbocycles. The molecule has 1 amide bonds. The van der Waals surface area contributed by atoms with E-state index in [9.17, 15) is 14.9 Å². The number of nitrogens with one attached hydrogen (secondary N) is 1. The Morgan fingerprint density at radius 3 is 2.32 bits per heavy atom. The molecule has 132 valence electrons. The average Bonchev–Trinajstić information content (AvgIpc) is 2.53. The molecule has 6 nitrogen and oxygen atoms in total. The van der Waals surface area contributed by atoms with E-state index in [0.717, 1.165) is 16.7 Å². The molecule has 6 heteroatoms. The zero-order chi connectivity index (χ0) is 18.6. The Morgan fingerprint density at radius 1 is 1.12 bits per heavy atom. The molecular weight excluding hydrogens is 320 g/mol. The minimum absolute atomic E-state index is 0.0267. The molecule has 0 unspecified atom stereocenters. The molecule has 25 heavy (non-hydrogen) atoms. The van der Waals surface area contributed by atoms with Crippen LogP contribution in [0.5, 0.6) is 5.75 Å². The molecule has 2 aromatic rings. The summed E-state index contributed by atoms with van der Waals surface area (Å²) >= 11 is 0. The summed E-state index contributed by atoms with van der Waals surface area (Å²) in [4.78, 5) is 22.8. The molecule has 0 bridgehead atoms. The number of amides is 1. The highest BCUT2D eigenvalue weighted by Crippen LogP contribution is 2.27. The summed E-state index contributed by atoms with van der Waals surface area (Å²) in [6.45, 7) is 7.44. The fourth-order valence-electron chi connectivity index (χ4n) is 2.74. The molecule has 2 rings (SSSR count). The Labute approximate surface area is 147 Å². The second-order valence-electron chi connectivity index (χ2n) is 6.07. The van der Waals surface area contributed by atoms with Crippen LogP contribution in [0.25, 0.3) is 0 Å². The number of nitro benzene ring substituents is 1. The molecule has 0 radical (unpaired) electrons. The van der Waals surface area contributed by atoms with E-state index in [1.165, 1.54) is 12.1 Å². The van der Waals surface area contributed by atoms with E-state index in [1.54, 1.807) is 6.92 Å². The van der Waals surface area contributed by atoms with Crippen molar-refractivity contribution in [3.63, 3.8) is 0 Å². The summed E-state index contributed by atoms with van der Waals surface area (Å²) in [5.74, 6) is 0.342. The Bertz CT molecular complexity index is 795. The van der Waals surface area contributed by atoms with Crippen LogP contribution in [0, 0.1) is 30.9 Å². The molecule has 1 N–H and O–H groups in total. The summed E-state index contributed by atoms with van der Waals surface area (Å²) in [6, 6.07) is 8.72. The Kier molecular flexibility index (Phi) is 5.75. The van der Waals surface area contributed by atoms with E-state index in [2.05, 4.69) is 5.32 Å². The van der Waals surface area contributed by atoms with Gasteiger partial charge in [0.2, 0.25) is 0 Å². The number of benzene rings is 2. The summed E-state index contributed by atoms with van der Waals surface area (Å²) in [5.41, 5.74) is 4.16. The molecule has 0 saturated carbocycles. The van der Waals surface area contributed by atoms with Crippen LogP contribution in [0.1, 0.15) is 29.2 Å². The van der Waals surface area contributed by atoms with E-state index >= 15 is 0 Å². The molecule has 2 aromatic carbocycles. The smallest absolute Gasteiger partial charge is 0.270 e. The SMILES string of the molecule is CCc1cc([N+](=O)[O-])cc(C)c1NC(=O)COc1cc(C)cc(C)c1. The van der Waals surface area contributed by atoms with Gasteiger partial charge in [0.05, 0.1) is 4.92 Å². The topological polar surface area (TPSA) is 81.5 Å². The third kappa shape index (κ3) is 4.79.